The second-order valence-electron chi connectivity index (χ2n) is 7.89. The van der Waals surface area contributed by atoms with E-state index in [1.54, 1.807) is 17.1 Å². The number of hydrogen-bond donors (Lipinski definition) is 0. The van der Waals surface area contributed by atoms with Gasteiger partial charge in [-0.25, -0.2) is 4.98 Å². The molecule has 0 N–H and O–H groups in total. The maximum Gasteiger partial charge on any atom is 0.186 e. The number of anilines is 1. The summed E-state index contributed by atoms with van der Waals surface area (Å²) < 4.78 is 1.77. The molecule has 158 valence electrons. The molecule has 0 aromatic carbocycles. The van der Waals surface area contributed by atoms with Gasteiger partial charge in [0.05, 0.1) is 35.4 Å². The molecule has 9 heteroatoms. The molecule has 0 spiro atoms. The van der Waals surface area contributed by atoms with Crippen molar-refractivity contribution in [3.63, 3.8) is 0 Å². The zero-order valence-corrected chi connectivity index (χ0v) is 18.3. The lowest BCUT2D eigenvalue weighted by atomic mass is 10.1. The molecule has 0 saturated carbocycles. The minimum Gasteiger partial charge on any atom is -0.346 e. The van der Waals surface area contributed by atoms with Gasteiger partial charge in [0.1, 0.15) is 0 Å². The predicted molar refractivity (Wildman–Crippen MR) is 122 cm³/mol. The van der Waals surface area contributed by atoms with E-state index in [0.29, 0.717) is 4.88 Å². The number of fused-ring (bicyclic) bond motifs is 1. The maximum atomic E-state index is 12.9. The Morgan fingerprint density at radius 1 is 0.968 bits per heavy atom. The van der Waals surface area contributed by atoms with Crippen molar-refractivity contribution in [3.05, 3.63) is 53.7 Å². The van der Waals surface area contributed by atoms with Crippen molar-refractivity contribution in [2.75, 3.05) is 38.1 Å². The highest BCUT2D eigenvalue weighted by atomic mass is 32.1. The number of pyridine rings is 2. The first kappa shape index (κ1) is 19.8. The SMILES string of the molecule is CN1CCN(c2ncc(C(=O)Cc3cc4cc(-c5cnn(C)c5)cnc4cn3)s2)CC1. The number of ketones is 1. The van der Waals surface area contributed by atoms with E-state index in [2.05, 4.69) is 43.0 Å². The third-order valence-corrected chi connectivity index (χ3v) is 6.65. The van der Waals surface area contributed by atoms with Gasteiger partial charge in [-0.15, -0.1) is 0 Å². The van der Waals surface area contributed by atoms with Crippen LogP contribution in [0.2, 0.25) is 0 Å². The lowest BCUT2D eigenvalue weighted by molar-refractivity contribution is 0.0995. The highest BCUT2D eigenvalue weighted by Crippen LogP contribution is 2.26. The smallest absolute Gasteiger partial charge is 0.186 e. The van der Waals surface area contributed by atoms with Crippen LogP contribution in [-0.2, 0) is 13.5 Å². The summed E-state index contributed by atoms with van der Waals surface area (Å²) in [6.07, 6.45) is 9.27. The van der Waals surface area contributed by atoms with Gasteiger partial charge in [0.15, 0.2) is 10.9 Å². The van der Waals surface area contributed by atoms with Crippen molar-refractivity contribution in [2.45, 2.75) is 6.42 Å². The summed E-state index contributed by atoms with van der Waals surface area (Å²) in [5.41, 5.74) is 3.53. The van der Waals surface area contributed by atoms with Gasteiger partial charge in [-0.05, 0) is 19.2 Å². The molecular weight excluding hydrogens is 410 g/mol. The Morgan fingerprint density at radius 3 is 2.58 bits per heavy atom. The summed E-state index contributed by atoms with van der Waals surface area (Å²) in [6, 6.07) is 4.01. The molecule has 0 aliphatic carbocycles. The van der Waals surface area contributed by atoms with Gasteiger partial charge in [-0.3, -0.25) is 19.4 Å². The zero-order chi connectivity index (χ0) is 21.4. The molecule has 0 bridgehead atoms. The minimum atomic E-state index is 0.0427. The van der Waals surface area contributed by atoms with E-state index in [-0.39, 0.29) is 12.2 Å². The van der Waals surface area contributed by atoms with E-state index in [1.807, 2.05) is 31.7 Å². The molecule has 0 radical (unpaired) electrons. The summed E-state index contributed by atoms with van der Waals surface area (Å²) in [6.45, 7) is 3.91. The van der Waals surface area contributed by atoms with Crippen LogP contribution in [0.25, 0.3) is 22.0 Å². The molecule has 0 atom stereocenters. The maximum absolute atomic E-state index is 12.9. The number of aromatic nitrogens is 5. The minimum absolute atomic E-state index is 0.0427. The van der Waals surface area contributed by atoms with Crippen LogP contribution >= 0.6 is 11.3 Å². The van der Waals surface area contributed by atoms with Gasteiger partial charge < -0.3 is 9.80 Å². The molecule has 1 saturated heterocycles. The molecule has 1 aliphatic heterocycles. The van der Waals surface area contributed by atoms with Gasteiger partial charge in [0.25, 0.3) is 0 Å². The molecule has 31 heavy (non-hydrogen) atoms. The van der Waals surface area contributed by atoms with E-state index in [1.165, 1.54) is 11.3 Å². The number of likely N-dealkylation sites (N-methyl/N-ethyl adjacent to an activating group) is 1. The van der Waals surface area contributed by atoms with E-state index in [9.17, 15) is 4.79 Å². The lowest BCUT2D eigenvalue weighted by Crippen LogP contribution is -2.44. The number of piperazine rings is 1. The van der Waals surface area contributed by atoms with E-state index in [0.717, 1.165) is 59.0 Å². The number of carbonyl (C=O) groups is 1. The number of rotatable bonds is 5. The van der Waals surface area contributed by atoms with Crippen LogP contribution in [0.3, 0.4) is 0 Å². The van der Waals surface area contributed by atoms with Crippen molar-refractivity contribution in [3.8, 4) is 11.1 Å². The fourth-order valence-electron chi connectivity index (χ4n) is 3.69. The number of nitrogens with zero attached hydrogens (tertiary/aromatic N) is 7. The average molecular weight is 434 g/mol. The van der Waals surface area contributed by atoms with Crippen molar-refractivity contribution in [1.82, 2.24) is 29.6 Å². The van der Waals surface area contributed by atoms with Gasteiger partial charge in [0.2, 0.25) is 0 Å². The Bertz CT molecular complexity index is 1240. The first-order valence-electron chi connectivity index (χ1n) is 10.2. The molecule has 0 amide bonds. The number of aryl methyl sites for hydroxylation is 1. The molecule has 1 aliphatic rings. The molecule has 4 aromatic rings. The molecule has 5 rings (SSSR count). The highest BCUT2D eigenvalue weighted by Gasteiger charge is 2.19. The zero-order valence-electron chi connectivity index (χ0n) is 17.5. The van der Waals surface area contributed by atoms with Crippen LogP contribution in [-0.4, -0.2) is 68.6 Å². The highest BCUT2D eigenvalue weighted by molar-refractivity contribution is 7.17. The van der Waals surface area contributed by atoms with Crippen LogP contribution in [0.1, 0.15) is 15.4 Å². The third kappa shape index (κ3) is 4.19. The van der Waals surface area contributed by atoms with E-state index < -0.39 is 0 Å². The molecule has 5 heterocycles. The Kier molecular flexibility index (Phi) is 5.21. The summed E-state index contributed by atoms with van der Waals surface area (Å²) >= 11 is 1.47. The van der Waals surface area contributed by atoms with Crippen LogP contribution < -0.4 is 4.90 Å². The number of thiazole rings is 1. The predicted octanol–water partition coefficient (Wildman–Crippen LogP) is 2.66. The normalized spacial score (nSPS) is 15.0. The molecule has 4 aromatic heterocycles. The fourth-order valence-corrected chi connectivity index (χ4v) is 4.60. The van der Waals surface area contributed by atoms with Crippen LogP contribution in [0.15, 0.2) is 43.1 Å². The number of carbonyl (C=O) groups excluding carboxylic acids is 1. The number of hydrogen-bond acceptors (Lipinski definition) is 8. The molecular formula is C22H23N7OS. The van der Waals surface area contributed by atoms with Gasteiger partial charge in [0, 0.05) is 67.8 Å². The van der Waals surface area contributed by atoms with E-state index in [4.69, 9.17) is 0 Å². The van der Waals surface area contributed by atoms with Gasteiger partial charge >= 0.3 is 0 Å². The molecule has 1 fully saturated rings. The fraction of sp³-hybridized carbons (Fsp3) is 0.318. The average Bonchev–Trinajstić information content (AvgIpc) is 3.43. The second-order valence-corrected chi connectivity index (χ2v) is 8.90. The quantitative estimate of drug-likeness (QED) is 0.448. The summed E-state index contributed by atoms with van der Waals surface area (Å²) in [5, 5.41) is 6.11. The summed E-state index contributed by atoms with van der Waals surface area (Å²) in [4.78, 5) is 31.5. The Morgan fingerprint density at radius 2 is 1.81 bits per heavy atom. The monoisotopic (exact) mass is 433 g/mol. The largest absolute Gasteiger partial charge is 0.346 e. The molecule has 8 nitrogen and oxygen atoms in total. The van der Waals surface area contributed by atoms with Crippen molar-refractivity contribution < 1.29 is 4.79 Å². The van der Waals surface area contributed by atoms with Crippen LogP contribution in [0.4, 0.5) is 5.13 Å². The Hall–Kier alpha value is -3.17. The van der Waals surface area contributed by atoms with Crippen molar-refractivity contribution in [1.29, 1.82) is 0 Å². The van der Waals surface area contributed by atoms with Crippen LogP contribution in [0, 0.1) is 0 Å². The van der Waals surface area contributed by atoms with Crippen molar-refractivity contribution in [2.24, 2.45) is 7.05 Å². The van der Waals surface area contributed by atoms with E-state index >= 15 is 0 Å². The second kappa shape index (κ2) is 8.16. The Labute approximate surface area is 184 Å². The first-order valence-corrected chi connectivity index (χ1v) is 11.0. The summed E-state index contributed by atoms with van der Waals surface area (Å²) in [5.74, 6) is 0.0427. The topological polar surface area (TPSA) is 80.0 Å². The van der Waals surface area contributed by atoms with Crippen molar-refractivity contribution >= 4 is 33.2 Å². The van der Waals surface area contributed by atoms with Gasteiger partial charge in [-0.2, -0.15) is 5.10 Å². The molecule has 0 unspecified atom stereocenters. The first-order chi connectivity index (χ1) is 15.0. The number of Topliss-reactive ketones (excluding diaryl/α,β-unsaturated/α-hetero) is 1. The standard InChI is InChI=1S/C22H23N7OS/c1-27-3-5-29(6-4-27)22-25-13-21(31-22)20(30)9-18-8-15-7-16(10-24-19(15)12-23-18)17-11-26-28(2)14-17/h7-8,10-14H,3-6,9H2,1-2H3. The summed E-state index contributed by atoms with van der Waals surface area (Å²) in [7, 11) is 4.01. The Balaban J connectivity index is 1.33. The van der Waals surface area contributed by atoms with Crippen LogP contribution in [0.5, 0.6) is 0 Å². The van der Waals surface area contributed by atoms with Gasteiger partial charge in [-0.1, -0.05) is 11.3 Å². The lowest BCUT2D eigenvalue weighted by Gasteiger charge is -2.32. The third-order valence-electron chi connectivity index (χ3n) is 5.55.